The molecule has 0 bridgehead atoms. The first-order valence-corrected chi connectivity index (χ1v) is 8.96. The van der Waals surface area contributed by atoms with Gasteiger partial charge in [0.1, 0.15) is 5.75 Å². The van der Waals surface area contributed by atoms with E-state index in [1.165, 1.54) is 16.5 Å². The van der Waals surface area contributed by atoms with Crippen LogP contribution in [0.25, 0.3) is 10.9 Å². The van der Waals surface area contributed by atoms with Crippen LogP contribution in [0.15, 0.2) is 54.7 Å². The van der Waals surface area contributed by atoms with Crippen LogP contribution in [0.3, 0.4) is 0 Å². The monoisotopic (exact) mass is 351 g/mol. The molecule has 0 spiro atoms. The molecular formula is C21H23N2O3+. The van der Waals surface area contributed by atoms with Crippen molar-refractivity contribution in [2.75, 3.05) is 20.3 Å². The number of nitrogens with two attached hydrogens (primary N) is 1. The first-order chi connectivity index (χ1) is 12.8. The molecule has 0 aliphatic carbocycles. The molecule has 26 heavy (non-hydrogen) atoms. The van der Waals surface area contributed by atoms with Crippen LogP contribution in [0.2, 0.25) is 0 Å². The summed E-state index contributed by atoms with van der Waals surface area (Å²) in [6.07, 6.45) is 2.86. The average molecular weight is 351 g/mol. The quantitative estimate of drug-likeness (QED) is 0.669. The van der Waals surface area contributed by atoms with Crippen molar-refractivity contribution in [3.63, 3.8) is 0 Å². The van der Waals surface area contributed by atoms with Gasteiger partial charge in [0, 0.05) is 23.5 Å². The van der Waals surface area contributed by atoms with Crippen molar-refractivity contribution in [2.45, 2.75) is 18.4 Å². The molecule has 5 nitrogen and oxygen atoms in total. The number of aromatic nitrogens is 1. The van der Waals surface area contributed by atoms with Crippen molar-refractivity contribution >= 4 is 16.9 Å². The van der Waals surface area contributed by atoms with E-state index in [1.807, 2.05) is 18.2 Å². The van der Waals surface area contributed by atoms with Gasteiger partial charge in [0.05, 0.1) is 26.2 Å². The Bertz CT molecular complexity index is 901. The molecule has 5 heteroatoms. The van der Waals surface area contributed by atoms with Gasteiger partial charge in [0.15, 0.2) is 6.04 Å². The number of ether oxygens (including phenoxy) is 2. The number of esters is 1. The number of hydrogen-bond donors (Lipinski definition) is 2. The number of carbonyl (C=O) groups is 1. The Morgan fingerprint density at radius 2 is 2.04 bits per heavy atom. The Labute approximate surface area is 152 Å². The van der Waals surface area contributed by atoms with Crippen LogP contribution in [0.1, 0.15) is 23.5 Å². The summed E-state index contributed by atoms with van der Waals surface area (Å²) in [5.74, 6) is 0.914. The maximum absolute atomic E-state index is 11.8. The molecule has 3 N–H and O–H groups in total. The summed E-state index contributed by atoms with van der Waals surface area (Å²) in [5, 5.41) is 3.34. The van der Waals surface area contributed by atoms with Gasteiger partial charge in [-0.05, 0) is 29.3 Å². The molecule has 0 saturated carbocycles. The lowest BCUT2D eigenvalue weighted by atomic mass is 9.90. The first kappa shape index (κ1) is 16.7. The Hall–Kier alpha value is -2.79. The second-order valence-electron chi connectivity index (χ2n) is 6.65. The molecule has 1 saturated heterocycles. The van der Waals surface area contributed by atoms with Gasteiger partial charge in [-0.15, -0.1) is 0 Å². The minimum Gasteiger partial charge on any atom is -0.497 e. The Kier molecular flexibility index (Phi) is 4.63. The van der Waals surface area contributed by atoms with Gasteiger partial charge in [-0.1, -0.05) is 30.3 Å². The largest absolute Gasteiger partial charge is 0.497 e. The summed E-state index contributed by atoms with van der Waals surface area (Å²) in [4.78, 5) is 15.2. The van der Waals surface area contributed by atoms with Crippen LogP contribution >= 0.6 is 0 Å². The lowest BCUT2D eigenvalue weighted by Gasteiger charge is -2.18. The number of para-hydroxylation sites is 1. The molecular weight excluding hydrogens is 328 g/mol. The molecule has 0 unspecified atom stereocenters. The number of benzene rings is 2. The standard InChI is InChI=1S/C21H22N2O3/c1-25-15-8-6-14(7-9-15)17(12-23-20-10-11-26-21(20)24)18-13-22-19-5-3-2-4-16(18)19/h2-9,13,17,20,22-23H,10-12H2,1H3/p+1/t17-,20+/m1/s1. The third-order valence-corrected chi connectivity index (χ3v) is 5.15. The summed E-state index contributed by atoms with van der Waals surface area (Å²) in [7, 11) is 1.67. The fraction of sp³-hybridized carbons (Fsp3) is 0.286. The van der Waals surface area contributed by atoms with Crippen molar-refractivity contribution in [1.82, 2.24) is 4.98 Å². The lowest BCUT2D eigenvalue weighted by molar-refractivity contribution is -0.677. The molecule has 1 aliphatic heterocycles. The highest BCUT2D eigenvalue weighted by Gasteiger charge is 2.31. The number of fused-ring (bicyclic) bond motifs is 1. The van der Waals surface area contributed by atoms with E-state index in [2.05, 4.69) is 46.8 Å². The highest BCUT2D eigenvalue weighted by Crippen LogP contribution is 2.30. The van der Waals surface area contributed by atoms with Gasteiger partial charge in [-0.25, -0.2) is 4.79 Å². The van der Waals surface area contributed by atoms with Gasteiger partial charge in [0.25, 0.3) is 0 Å². The fourth-order valence-electron chi connectivity index (χ4n) is 3.69. The van der Waals surface area contributed by atoms with E-state index in [-0.39, 0.29) is 17.9 Å². The van der Waals surface area contributed by atoms with Crippen molar-refractivity contribution in [3.8, 4) is 5.75 Å². The van der Waals surface area contributed by atoms with E-state index in [9.17, 15) is 4.79 Å². The summed E-state index contributed by atoms with van der Waals surface area (Å²) >= 11 is 0. The van der Waals surface area contributed by atoms with Crippen molar-refractivity contribution in [1.29, 1.82) is 0 Å². The topological polar surface area (TPSA) is 67.9 Å². The predicted molar refractivity (Wildman–Crippen MR) is 99.3 cm³/mol. The number of hydrogen-bond acceptors (Lipinski definition) is 3. The highest BCUT2D eigenvalue weighted by molar-refractivity contribution is 5.84. The third kappa shape index (κ3) is 3.18. The lowest BCUT2D eigenvalue weighted by Crippen LogP contribution is -2.92. The van der Waals surface area contributed by atoms with Crippen LogP contribution in [-0.4, -0.2) is 37.3 Å². The molecule has 1 fully saturated rings. The summed E-state index contributed by atoms with van der Waals surface area (Å²) < 4.78 is 10.4. The molecule has 0 radical (unpaired) electrons. The van der Waals surface area contributed by atoms with Gasteiger partial charge in [-0.3, -0.25) is 0 Å². The minimum atomic E-state index is -0.0996. The second kappa shape index (κ2) is 7.22. The Balaban J connectivity index is 1.67. The zero-order valence-electron chi connectivity index (χ0n) is 14.8. The summed E-state index contributed by atoms with van der Waals surface area (Å²) in [6, 6.07) is 16.4. The zero-order valence-corrected chi connectivity index (χ0v) is 14.8. The van der Waals surface area contributed by atoms with Crippen LogP contribution < -0.4 is 10.1 Å². The third-order valence-electron chi connectivity index (χ3n) is 5.15. The number of H-pyrrole nitrogens is 1. The van der Waals surface area contributed by atoms with Gasteiger partial charge in [0.2, 0.25) is 0 Å². The van der Waals surface area contributed by atoms with Gasteiger partial charge in [-0.2, -0.15) is 0 Å². The molecule has 3 aromatic rings. The summed E-state index contributed by atoms with van der Waals surface area (Å²) in [6.45, 7) is 1.31. The van der Waals surface area contributed by atoms with E-state index in [1.54, 1.807) is 7.11 Å². The number of rotatable bonds is 6. The molecule has 1 aliphatic rings. The first-order valence-electron chi connectivity index (χ1n) is 8.96. The van der Waals surface area contributed by atoms with Crippen molar-refractivity contribution < 1.29 is 19.6 Å². The molecule has 1 aromatic heterocycles. The Morgan fingerprint density at radius 3 is 2.77 bits per heavy atom. The smallest absolute Gasteiger partial charge is 0.364 e. The number of quaternary nitrogens is 1. The summed E-state index contributed by atoms with van der Waals surface area (Å²) in [5.41, 5.74) is 3.58. The highest BCUT2D eigenvalue weighted by atomic mass is 16.5. The molecule has 2 aromatic carbocycles. The van der Waals surface area contributed by atoms with E-state index in [0.29, 0.717) is 6.61 Å². The zero-order chi connectivity index (χ0) is 17.9. The number of aromatic amines is 1. The predicted octanol–water partition coefficient (Wildman–Crippen LogP) is 2.19. The maximum Gasteiger partial charge on any atom is 0.364 e. The number of cyclic esters (lactones) is 1. The van der Waals surface area contributed by atoms with Gasteiger partial charge >= 0.3 is 5.97 Å². The molecule has 134 valence electrons. The number of carbonyl (C=O) groups excluding carboxylic acids is 1. The van der Waals surface area contributed by atoms with Crippen LogP contribution in [0.5, 0.6) is 5.75 Å². The maximum atomic E-state index is 11.8. The van der Waals surface area contributed by atoms with E-state index >= 15 is 0 Å². The molecule has 2 atom stereocenters. The van der Waals surface area contributed by atoms with E-state index in [4.69, 9.17) is 9.47 Å². The SMILES string of the molecule is COc1ccc([C@@H](C[NH2+][C@H]2CCOC2=O)c2c[nH]c3ccccc23)cc1. The molecule has 4 rings (SSSR count). The minimum absolute atomic E-state index is 0.0963. The van der Waals surface area contributed by atoms with E-state index in [0.717, 1.165) is 24.2 Å². The number of nitrogens with one attached hydrogen (secondary N) is 1. The van der Waals surface area contributed by atoms with Crippen molar-refractivity contribution in [2.24, 2.45) is 0 Å². The Morgan fingerprint density at radius 1 is 1.23 bits per heavy atom. The normalized spacial score (nSPS) is 18.0. The number of methoxy groups -OCH3 is 1. The average Bonchev–Trinajstić information content (AvgIpc) is 3.29. The second-order valence-corrected chi connectivity index (χ2v) is 6.65. The fourth-order valence-corrected chi connectivity index (χ4v) is 3.69. The van der Waals surface area contributed by atoms with Gasteiger partial charge < -0.3 is 19.8 Å². The molecule has 0 amide bonds. The van der Waals surface area contributed by atoms with E-state index < -0.39 is 0 Å². The van der Waals surface area contributed by atoms with Crippen LogP contribution in [-0.2, 0) is 9.53 Å². The van der Waals surface area contributed by atoms with Crippen LogP contribution in [0.4, 0.5) is 0 Å². The van der Waals surface area contributed by atoms with Crippen molar-refractivity contribution in [3.05, 3.63) is 65.9 Å². The van der Waals surface area contributed by atoms with Crippen LogP contribution in [0, 0.1) is 0 Å². The molecule has 2 heterocycles.